The molecular formula is C51H97NO4. The number of hydrogen-bond acceptors (Lipinski definition) is 4. The Hall–Kier alpha value is -1.43. The second-order valence-corrected chi connectivity index (χ2v) is 17.0. The normalized spacial score (nSPS) is 13.7. The Labute approximate surface area is 349 Å². The number of allylic oxidation sites excluding steroid dienone is 5. The van der Waals surface area contributed by atoms with Crippen molar-refractivity contribution >= 4 is 5.91 Å². The van der Waals surface area contributed by atoms with E-state index in [1.807, 2.05) is 6.08 Å². The van der Waals surface area contributed by atoms with Crippen molar-refractivity contribution in [3.63, 3.8) is 0 Å². The zero-order chi connectivity index (χ0) is 40.8. The van der Waals surface area contributed by atoms with Crippen LogP contribution in [0.5, 0.6) is 0 Å². The van der Waals surface area contributed by atoms with Crippen LogP contribution in [0, 0.1) is 0 Å². The number of unbranched alkanes of at least 4 members (excludes halogenated alkanes) is 33. The van der Waals surface area contributed by atoms with E-state index >= 15 is 0 Å². The molecular weight excluding hydrogens is 691 g/mol. The summed E-state index contributed by atoms with van der Waals surface area (Å²) in [6.45, 7) is 4.14. The van der Waals surface area contributed by atoms with Crippen LogP contribution >= 0.6 is 0 Å². The minimum atomic E-state index is -1.10. The van der Waals surface area contributed by atoms with E-state index in [1.165, 1.54) is 199 Å². The molecule has 0 aromatic rings. The SMILES string of the molecule is CCCCCC/C=C/CC/C=C/C(O)C(CO)NC(=O)C(O)CCCCCCCCCCCCCCCCCC/C=C\CCCCCCCCCCCCCC. The van der Waals surface area contributed by atoms with Crippen LogP contribution in [-0.4, -0.2) is 46.1 Å². The third kappa shape index (κ3) is 40.8. The highest BCUT2D eigenvalue weighted by molar-refractivity contribution is 5.80. The van der Waals surface area contributed by atoms with Gasteiger partial charge in [-0.25, -0.2) is 0 Å². The molecule has 5 nitrogen and oxygen atoms in total. The molecule has 0 fully saturated rings. The van der Waals surface area contributed by atoms with Crippen molar-refractivity contribution in [3.05, 3.63) is 36.5 Å². The fourth-order valence-corrected chi connectivity index (χ4v) is 7.55. The van der Waals surface area contributed by atoms with E-state index in [1.54, 1.807) is 6.08 Å². The maximum absolute atomic E-state index is 12.4. The van der Waals surface area contributed by atoms with Crippen LogP contribution in [0.3, 0.4) is 0 Å². The van der Waals surface area contributed by atoms with Crippen LogP contribution in [0.15, 0.2) is 36.5 Å². The van der Waals surface area contributed by atoms with Gasteiger partial charge in [0.1, 0.15) is 6.10 Å². The maximum atomic E-state index is 12.4. The first-order chi connectivity index (χ1) is 27.6. The van der Waals surface area contributed by atoms with Crippen molar-refractivity contribution in [2.45, 2.75) is 276 Å². The van der Waals surface area contributed by atoms with Gasteiger partial charge in [0, 0.05) is 0 Å². The molecule has 0 saturated carbocycles. The molecule has 0 heterocycles. The van der Waals surface area contributed by atoms with Gasteiger partial charge in [-0.15, -0.1) is 0 Å². The summed E-state index contributed by atoms with van der Waals surface area (Å²) >= 11 is 0. The Kier molecular flexibility index (Phi) is 45.1. The van der Waals surface area contributed by atoms with Crippen LogP contribution in [-0.2, 0) is 4.79 Å². The van der Waals surface area contributed by atoms with Crippen LogP contribution in [0.25, 0.3) is 0 Å². The van der Waals surface area contributed by atoms with Crippen molar-refractivity contribution in [1.82, 2.24) is 5.32 Å². The Bertz CT molecular complexity index is 870. The fourth-order valence-electron chi connectivity index (χ4n) is 7.55. The summed E-state index contributed by atoms with van der Waals surface area (Å²) in [5.74, 6) is -0.513. The van der Waals surface area contributed by atoms with E-state index in [9.17, 15) is 20.1 Å². The van der Waals surface area contributed by atoms with Crippen molar-refractivity contribution < 1.29 is 20.1 Å². The molecule has 0 bridgehead atoms. The average Bonchev–Trinajstić information content (AvgIpc) is 3.20. The first kappa shape index (κ1) is 54.6. The van der Waals surface area contributed by atoms with E-state index in [2.05, 4.69) is 43.5 Å². The third-order valence-electron chi connectivity index (χ3n) is 11.5. The highest BCUT2D eigenvalue weighted by Gasteiger charge is 2.22. The molecule has 0 aliphatic heterocycles. The number of carbonyl (C=O) groups excluding carboxylic acids is 1. The van der Waals surface area contributed by atoms with E-state index < -0.39 is 24.2 Å². The lowest BCUT2D eigenvalue weighted by atomic mass is 10.0. The number of nitrogens with one attached hydrogen (secondary N) is 1. The largest absolute Gasteiger partial charge is 0.394 e. The summed E-state index contributed by atoms with van der Waals surface area (Å²) in [4.78, 5) is 12.4. The van der Waals surface area contributed by atoms with Crippen LogP contribution in [0.2, 0.25) is 0 Å². The van der Waals surface area contributed by atoms with Gasteiger partial charge < -0.3 is 20.6 Å². The van der Waals surface area contributed by atoms with E-state index in [0.29, 0.717) is 6.42 Å². The van der Waals surface area contributed by atoms with Gasteiger partial charge >= 0.3 is 0 Å². The van der Waals surface area contributed by atoms with Crippen molar-refractivity contribution in [1.29, 1.82) is 0 Å². The highest BCUT2D eigenvalue weighted by atomic mass is 16.3. The highest BCUT2D eigenvalue weighted by Crippen LogP contribution is 2.16. The average molecular weight is 788 g/mol. The summed E-state index contributed by atoms with van der Waals surface area (Å²) in [7, 11) is 0. The molecule has 1 amide bonds. The molecule has 0 saturated heterocycles. The van der Waals surface area contributed by atoms with Crippen molar-refractivity contribution in [2.24, 2.45) is 0 Å². The quantitative estimate of drug-likeness (QED) is 0.0365. The first-order valence-electron chi connectivity index (χ1n) is 24.8. The summed E-state index contributed by atoms with van der Waals surface area (Å²) in [5.41, 5.74) is 0. The van der Waals surface area contributed by atoms with E-state index in [-0.39, 0.29) is 6.61 Å². The van der Waals surface area contributed by atoms with Gasteiger partial charge in [-0.05, 0) is 57.8 Å². The first-order valence-corrected chi connectivity index (χ1v) is 24.8. The standard InChI is InChI=1S/C51H97NO4/c1-3-5-7-9-11-13-15-16-17-18-19-20-21-22-23-24-25-26-27-28-29-30-31-32-33-34-35-36-38-40-42-44-46-50(55)51(56)52-48(47-53)49(54)45-43-41-39-37-14-12-10-8-6-4-2/h14,22-23,37,43,45,48-50,53-55H,3-13,15-21,24-36,38-42,44,46-47H2,1-2H3,(H,52,56)/b23-22-,37-14+,45-43+. The second kappa shape index (κ2) is 46.3. The van der Waals surface area contributed by atoms with Crippen molar-refractivity contribution in [2.75, 3.05) is 6.61 Å². The summed E-state index contributed by atoms with van der Waals surface area (Å²) in [6, 6.07) is -0.811. The lowest BCUT2D eigenvalue weighted by molar-refractivity contribution is -0.131. The van der Waals surface area contributed by atoms with Crippen molar-refractivity contribution in [3.8, 4) is 0 Å². The molecule has 0 aromatic carbocycles. The molecule has 0 rings (SSSR count). The molecule has 0 aliphatic rings. The van der Waals surface area contributed by atoms with Gasteiger partial charge in [0.05, 0.1) is 18.8 Å². The number of rotatable bonds is 45. The summed E-state index contributed by atoms with van der Waals surface area (Å²) in [5, 5.41) is 33.0. The second-order valence-electron chi connectivity index (χ2n) is 17.0. The summed E-state index contributed by atoms with van der Waals surface area (Å²) in [6.07, 6.45) is 59.4. The minimum Gasteiger partial charge on any atom is -0.394 e. The van der Waals surface area contributed by atoms with Crippen LogP contribution in [0.1, 0.15) is 258 Å². The number of aliphatic hydroxyl groups excluding tert-OH is 3. The number of carbonyl (C=O) groups is 1. The predicted octanol–water partition coefficient (Wildman–Crippen LogP) is 14.7. The van der Waals surface area contributed by atoms with E-state index in [0.717, 1.165) is 38.5 Å². The molecule has 330 valence electrons. The third-order valence-corrected chi connectivity index (χ3v) is 11.5. The Morgan fingerprint density at radius 2 is 0.732 bits per heavy atom. The van der Waals surface area contributed by atoms with Gasteiger partial charge in [0.25, 0.3) is 0 Å². The van der Waals surface area contributed by atoms with Gasteiger partial charge in [0.2, 0.25) is 5.91 Å². The maximum Gasteiger partial charge on any atom is 0.249 e. The smallest absolute Gasteiger partial charge is 0.249 e. The van der Waals surface area contributed by atoms with Crippen LogP contribution in [0.4, 0.5) is 0 Å². The molecule has 0 aliphatic carbocycles. The molecule has 3 unspecified atom stereocenters. The van der Waals surface area contributed by atoms with Crippen LogP contribution < -0.4 is 5.32 Å². The van der Waals surface area contributed by atoms with Gasteiger partial charge in [-0.2, -0.15) is 0 Å². The Morgan fingerprint density at radius 3 is 1.11 bits per heavy atom. The molecule has 0 spiro atoms. The predicted molar refractivity (Wildman–Crippen MR) is 245 cm³/mol. The minimum absolute atomic E-state index is 0.375. The number of hydrogen-bond donors (Lipinski definition) is 4. The summed E-state index contributed by atoms with van der Waals surface area (Å²) < 4.78 is 0. The molecule has 4 N–H and O–H groups in total. The molecule has 0 radical (unpaired) electrons. The lowest BCUT2D eigenvalue weighted by Crippen LogP contribution is -2.48. The van der Waals surface area contributed by atoms with Gasteiger partial charge in [0.15, 0.2) is 0 Å². The molecule has 5 heteroatoms. The monoisotopic (exact) mass is 788 g/mol. The zero-order valence-corrected chi connectivity index (χ0v) is 37.5. The molecule has 56 heavy (non-hydrogen) atoms. The number of amides is 1. The number of aliphatic hydroxyl groups is 3. The Balaban J connectivity index is 3.50. The molecule has 0 aromatic heterocycles. The van der Waals surface area contributed by atoms with E-state index in [4.69, 9.17) is 0 Å². The Morgan fingerprint density at radius 1 is 0.429 bits per heavy atom. The molecule has 3 atom stereocenters. The zero-order valence-electron chi connectivity index (χ0n) is 37.5. The fraction of sp³-hybridized carbons (Fsp3) is 0.863. The van der Waals surface area contributed by atoms with Gasteiger partial charge in [-0.1, -0.05) is 237 Å². The lowest BCUT2D eigenvalue weighted by Gasteiger charge is -2.21. The van der Waals surface area contributed by atoms with Gasteiger partial charge in [-0.3, -0.25) is 4.79 Å². The topological polar surface area (TPSA) is 89.8 Å².